The fraction of sp³-hybridized carbons (Fsp3) is 0.200. The van der Waals surface area contributed by atoms with E-state index in [2.05, 4.69) is 173 Å². The molecule has 0 saturated carbocycles. The lowest BCUT2D eigenvalue weighted by molar-refractivity contribution is 0.208. The molecule has 8 rings (SSSR count). The fourth-order valence-electron chi connectivity index (χ4n) is 8.80. The van der Waals surface area contributed by atoms with E-state index in [9.17, 15) is 0 Å². The van der Waals surface area contributed by atoms with Gasteiger partial charge < -0.3 is 8.85 Å². The molecule has 3 heteroatoms. The van der Waals surface area contributed by atoms with Crippen molar-refractivity contribution in [1.29, 1.82) is 0 Å². The molecule has 0 amide bonds. The second-order valence-electron chi connectivity index (χ2n) is 14.0. The van der Waals surface area contributed by atoms with E-state index in [1.165, 1.54) is 87.6 Å². The Labute approximate surface area is 316 Å². The van der Waals surface area contributed by atoms with Crippen molar-refractivity contribution in [3.8, 4) is 44.5 Å². The van der Waals surface area contributed by atoms with Crippen LogP contribution in [0.25, 0.3) is 66.1 Å². The Bertz CT molecular complexity index is 2290. The highest BCUT2D eigenvalue weighted by Crippen LogP contribution is 2.42. The van der Waals surface area contributed by atoms with E-state index in [1.54, 1.807) is 0 Å². The van der Waals surface area contributed by atoms with E-state index in [-0.39, 0.29) is 0 Å². The molecule has 264 valence electrons. The minimum absolute atomic E-state index is 0.562. The molecule has 2 nitrogen and oxygen atoms in total. The lowest BCUT2D eigenvalue weighted by Crippen LogP contribution is -2.65. The Balaban J connectivity index is 1.43. The zero-order valence-electron chi connectivity index (χ0n) is 31.4. The van der Waals surface area contributed by atoms with E-state index >= 15 is 0 Å². The lowest BCUT2D eigenvalue weighted by Gasteiger charge is -2.33. The van der Waals surface area contributed by atoms with Crippen LogP contribution in [0.5, 0.6) is 0 Å². The number of fused-ring (bicyclic) bond motifs is 4. The molecule has 0 radical (unpaired) electrons. The van der Waals surface area contributed by atoms with E-state index in [0.717, 1.165) is 25.7 Å². The molecular formula is C50H48O2Si. The molecule has 0 heterocycles. The molecule has 4 aromatic carbocycles. The maximum absolute atomic E-state index is 7.36. The molecule has 4 aliphatic rings. The molecule has 0 N–H and O–H groups in total. The number of aryl methyl sites for hydroxylation is 2. The highest BCUT2D eigenvalue weighted by Gasteiger charge is 2.50. The summed E-state index contributed by atoms with van der Waals surface area (Å²) in [4.78, 5) is 0. The third-order valence-corrected chi connectivity index (χ3v) is 14.7. The van der Waals surface area contributed by atoms with Crippen molar-refractivity contribution >= 4 is 40.5 Å². The zero-order valence-corrected chi connectivity index (χ0v) is 32.4. The normalized spacial score (nSPS) is 12.0. The molecule has 0 atom stereocenters. The largest absolute Gasteiger partial charge is 0.408 e. The second kappa shape index (κ2) is 15.1. The van der Waals surface area contributed by atoms with Gasteiger partial charge in [-0.3, -0.25) is 0 Å². The summed E-state index contributed by atoms with van der Waals surface area (Å²) in [7, 11) is -3.36. The standard InChI is InChI=1S/C50H48O2Si/c1-5-19-37-33-47-43(41-31-17-23-35-21-9-11-25-39(35)41)27-13-15-29-45(47)49(37)53(51-7-3,52-8-4)50-38(20-6-2)34-48-44(28-14-16-30-46(48)50)42-32-18-24-36-22-10-12-26-40(36)42/h9-18,21-34H,5-8,19-20H2,1-4H3. The summed E-state index contributed by atoms with van der Waals surface area (Å²) in [6, 6.07) is 53.8. The fourth-order valence-corrected chi connectivity index (χ4v) is 12.9. The minimum Gasteiger partial charge on any atom is -0.388 e. The van der Waals surface area contributed by atoms with Gasteiger partial charge in [-0.05, 0) is 104 Å². The van der Waals surface area contributed by atoms with Crippen molar-refractivity contribution in [2.75, 3.05) is 13.2 Å². The molecule has 53 heavy (non-hydrogen) atoms. The SMILES string of the molecule is CCCc1cc2c(-c3cccc4ccccc34)ccccc-2c1[Si](OCC)(OCC)c1c(CCC)cc2c(-c3cccc4ccccc34)ccccc1-2. The first-order valence-electron chi connectivity index (χ1n) is 19.5. The third kappa shape index (κ3) is 6.07. The zero-order chi connectivity index (χ0) is 36.4. The third-order valence-electron chi connectivity index (χ3n) is 10.8. The van der Waals surface area contributed by atoms with Crippen LogP contribution in [0, 0.1) is 0 Å². The van der Waals surface area contributed by atoms with Crippen LogP contribution < -0.4 is 10.4 Å². The average molecular weight is 709 g/mol. The predicted octanol–water partition coefficient (Wildman–Crippen LogP) is 12.1. The molecule has 0 aromatic heterocycles. The molecule has 0 aliphatic heterocycles. The van der Waals surface area contributed by atoms with Crippen LogP contribution >= 0.6 is 0 Å². The van der Waals surface area contributed by atoms with Crippen molar-refractivity contribution in [2.45, 2.75) is 53.4 Å². The molecular weight excluding hydrogens is 661 g/mol. The number of rotatable bonds is 12. The van der Waals surface area contributed by atoms with Gasteiger partial charge in [0.25, 0.3) is 0 Å². The monoisotopic (exact) mass is 708 g/mol. The molecule has 0 bridgehead atoms. The van der Waals surface area contributed by atoms with E-state index < -0.39 is 8.56 Å². The van der Waals surface area contributed by atoms with Gasteiger partial charge in [-0.1, -0.05) is 172 Å². The van der Waals surface area contributed by atoms with Crippen molar-refractivity contribution in [3.05, 3.63) is 157 Å². The van der Waals surface area contributed by atoms with Gasteiger partial charge in [-0.25, -0.2) is 0 Å². The van der Waals surface area contributed by atoms with Crippen LogP contribution in [0.15, 0.2) is 146 Å². The highest BCUT2D eigenvalue weighted by molar-refractivity contribution is 6.95. The maximum atomic E-state index is 7.36. The Morgan fingerprint density at radius 2 is 0.736 bits per heavy atom. The van der Waals surface area contributed by atoms with E-state index in [1.807, 2.05) is 0 Å². The first kappa shape index (κ1) is 35.0. The summed E-state index contributed by atoms with van der Waals surface area (Å²) < 4.78 is 14.7. The summed E-state index contributed by atoms with van der Waals surface area (Å²) in [6.45, 7) is 9.97. The van der Waals surface area contributed by atoms with Crippen LogP contribution in [0.4, 0.5) is 0 Å². The number of hydrogen-bond acceptors (Lipinski definition) is 2. The van der Waals surface area contributed by atoms with Gasteiger partial charge in [-0.2, -0.15) is 0 Å². The van der Waals surface area contributed by atoms with Crippen molar-refractivity contribution in [3.63, 3.8) is 0 Å². The Hall–Kier alpha value is -5.06. The van der Waals surface area contributed by atoms with Crippen LogP contribution in [0.1, 0.15) is 51.7 Å². The molecule has 0 unspecified atom stereocenters. The average Bonchev–Trinajstić information content (AvgIpc) is 3.56. The summed E-state index contributed by atoms with van der Waals surface area (Å²) in [6.07, 6.45) is 3.97. The van der Waals surface area contributed by atoms with E-state index in [4.69, 9.17) is 8.85 Å². The van der Waals surface area contributed by atoms with Crippen LogP contribution in [0.3, 0.4) is 0 Å². The van der Waals surface area contributed by atoms with Crippen LogP contribution in [-0.2, 0) is 21.7 Å². The molecule has 0 fully saturated rings. The number of hydrogen-bond donors (Lipinski definition) is 0. The van der Waals surface area contributed by atoms with Crippen molar-refractivity contribution in [2.24, 2.45) is 0 Å². The Morgan fingerprint density at radius 3 is 1.15 bits per heavy atom. The number of benzene rings is 4. The summed E-state index contributed by atoms with van der Waals surface area (Å²) in [5, 5.41) is 7.58. The quantitative estimate of drug-likeness (QED) is 0.118. The first-order valence-corrected chi connectivity index (χ1v) is 21.3. The first-order chi connectivity index (χ1) is 26.1. The van der Waals surface area contributed by atoms with Gasteiger partial charge >= 0.3 is 8.56 Å². The van der Waals surface area contributed by atoms with Gasteiger partial charge in [-0.15, -0.1) is 0 Å². The molecule has 4 aliphatic carbocycles. The van der Waals surface area contributed by atoms with Gasteiger partial charge in [0.15, 0.2) is 0 Å². The molecule has 0 saturated heterocycles. The predicted molar refractivity (Wildman–Crippen MR) is 228 cm³/mol. The summed E-state index contributed by atoms with van der Waals surface area (Å²) in [5.41, 5.74) is 12.7. The Kier molecular flexibility index (Phi) is 9.98. The molecule has 0 spiro atoms. The topological polar surface area (TPSA) is 18.5 Å². The van der Waals surface area contributed by atoms with Gasteiger partial charge in [0.05, 0.1) is 0 Å². The van der Waals surface area contributed by atoms with Crippen molar-refractivity contribution < 1.29 is 8.85 Å². The maximum Gasteiger partial charge on any atom is 0.408 e. The van der Waals surface area contributed by atoms with E-state index in [0.29, 0.717) is 13.2 Å². The Morgan fingerprint density at radius 1 is 0.377 bits per heavy atom. The smallest absolute Gasteiger partial charge is 0.388 e. The summed E-state index contributed by atoms with van der Waals surface area (Å²) in [5.74, 6) is 0. The highest BCUT2D eigenvalue weighted by atomic mass is 28.4. The van der Waals surface area contributed by atoms with Crippen LogP contribution in [-0.4, -0.2) is 21.8 Å². The van der Waals surface area contributed by atoms with Gasteiger partial charge in [0.2, 0.25) is 0 Å². The van der Waals surface area contributed by atoms with Gasteiger partial charge in [0.1, 0.15) is 0 Å². The summed E-state index contributed by atoms with van der Waals surface area (Å²) >= 11 is 0. The lowest BCUT2D eigenvalue weighted by atomic mass is 9.95. The van der Waals surface area contributed by atoms with Crippen molar-refractivity contribution in [1.82, 2.24) is 0 Å². The van der Waals surface area contributed by atoms with Crippen LogP contribution in [0.2, 0.25) is 0 Å². The van der Waals surface area contributed by atoms with Gasteiger partial charge in [0, 0.05) is 23.6 Å². The molecule has 4 aromatic rings. The minimum atomic E-state index is -3.36. The second-order valence-corrected chi connectivity index (χ2v) is 16.9.